The Kier molecular flexibility index (Phi) is 4.45. The number of nitrogens with zero attached hydrogens (tertiary/aromatic N) is 1. The topological polar surface area (TPSA) is 12.5 Å². The molecule has 2 aromatic carbocycles. The van der Waals surface area contributed by atoms with Crippen molar-refractivity contribution in [2.45, 2.75) is 13.3 Å². The zero-order chi connectivity index (χ0) is 13.7. The Hall–Kier alpha value is -1.96. The molecule has 0 N–H and O–H groups in total. The van der Waals surface area contributed by atoms with E-state index in [0.29, 0.717) is 6.61 Å². The Bertz CT molecular complexity index is 517. The number of hydrogen-bond donors (Lipinski definition) is 0. The number of ether oxygens (including phenoxy) is 1. The molecule has 0 aliphatic rings. The average molecular weight is 255 g/mol. The van der Waals surface area contributed by atoms with Crippen molar-refractivity contribution in [3.05, 3.63) is 59.7 Å². The van der Waals surface area contributed by atoms with Crippen LogP contribution < -0.4 is 9.64 Å². The lowest BCUT2D eigenvalue weighted by Gasteiger charge is -2.13. The van der Waals surface area contributed by atoms with Gasteiger partial charge in [0.15, 0.2) is 0 Å². The Morgan fingerprint density at radius 1 is 0.947 bits per heavy atom. The monoisotopic (exact) mass is 255 g/mol. The Morgan fingerprint density at radius 3 is 2.26 bits per heavy atom. The Morgan fingerprint density at radius 2 is 1.63 bits per heavy atom. The standard InChI is InChI=1S/C17H21NO/c1-14-6-4-5-7-17(14)19-13-12-15-8-10-16(11-9-15)18(2)3/h4-11H,12-13H2,1-3H3. The summed E-state index contributed by atoms with van der Waals surface area (Å²) in [6.07, 6.45) is 0.933. The van der Waals surface area contributed by atoms with E-state index < -0.39 is 0 Å². The SMILES string of the molecule is Cc1ccccc1OCCc1ccc(N(C)C)cc1. The summed E-state index contributed by atoms with van der Waals surface area (Å²) in [5.74, 6) is 0.979. The van der Waals surface area contributed by atoms with Gasteiger partial charge in [0.25, 0.3) is 0 Å². The van der Waals surface area contributed by atoms with Crippen molar-refractivity contribution in [1.29, 1.82) is 0 Å². The van der Waals surface area contributed by atoms with Gasteiger partial charge in [0, 0.05) is 26.2 Å². The first kappa shape index (κ1) is 13.5. The van der Waals surface area contributed by atoms with E-state index in [9.17, 15) is 0 Å². The second-order valence-corrected chi connectivity index (χ2v) is 4.92. The summed E-state index contributed by atoms with van der Waals surface area (Å²) < 4.78 is 5.81. The minimum atomic E-state index is 0.714. The molecule has 0 aliphatic carbocycles. The highest BCUT2D eigenvalue weighted by Gasteiger charge is 1.99. The predicted molar refractivity (Wildman–Crippen MR) is 81.1 cm³/mol. The maximum absolute atomic E-state index is 5.81. The van der Waals surface area contributed by atoms with Crippen molar-refractivity contribution in [3.8, 4) is 5.75 Å². The van der Waals surface area contributed by atoms with Crippen LogP contribution in [0.1, 0.15) is 11.1 Å². The molecule has 0 radical (unpaired) electrons. The van der Waals surface area contributed by atoms with E-state index in [2.05, 4.69) is 56.3 Å². The summed E-state index contributed by atoms with van der Waals surface area (Å²) in [5, 5.41) is 0. The first-order valence-electron chi connectivity index (χ1n) is 6.61. The van der Waals surface area contributed by atoms with Gasteiger partial charge in [-0.25, -0.2) is 0 Å². The summed E-state index contributed by atoms with van der Waals surface area (Å²) >= 11 is 0. The van der Waals surface area contributed by atoms with Gasteiger partial charge in [0.05, 0.1) is 6.61 Å². The highest BCUT2D eigenvalue weighted by atomic mass is 16.5. The van der Waals surface area contributed by atoms with E-state index in [1.807, 2.05) is 18.2 Å². The number of anilines is 1. The van der Waals surface area contributed by atoms with Crippen molar-refractivity contribution in [2.24, 2.45) is 0 Å². The third kappa shape index (κ3) is 3.75. The fourth-order valence-corrected chi connectivity index (χ4v) is 1.96. The minimum absolute atomic E-state index is 0.714. The van der Waals surface area contributed by atoms with Crippen LogP contribution in [0.2, 0.25) is 0 Å². The second kappa shape index (κ2) is 6.28. The number of rotatable bonds is 5. The number of benzene rings is 2. The lowest BCUT2D eigenvalue weighted by molar-refractivity contribution is 0.320. The van der Waals surface area contributed by atoms with Crippen LogP contribution in [-0.4, -0.2) is 20.7 Å². The predicted octanol–water partition coefficient (Wildman–Crippen LogP) is 3.68. The maximum atomic E-state index is 5.81. The fraction of sp³-hybridized carbons (Fsp3) is 0.294. The van der Waals surface area contributed by atoms with Crippen molar-refractivity contribution < 1.29 is 4.74 Å². The molecule has 19 heavy (non-hydrogen) atoms. The summed E-state index contributed by atoms with van der Waals surface area (Å²) in [5.41, 5.74) is 3.72. The second-order valence-electron chi connectivity index (χ2n) is 4.92. The normalized spacial score (nSPS) is 10.3. The fourth-order valence-electron chi connectivity index (χ4n) is 1.96. The molecule has 0 saturated carbocycles. The molecular formula is C17H21NO. The van der Waals surface area contributed by atoms with Crippen molar-refractivity contribution in [3.63, 3.8) is 0 Å². The lowest BCUT2D eigenvalue weighted by atomic mass is 10.1. The minimum Gasteiger partial charge on any atom is -0.493 e. The highest BCUT2D eigenvalue weighted by Crippen LogP contribution is 2.17. The number of aryl methyl sites for hydroxylation is 1. The zero-order valence-corrected chi connectivity index (χ0v) is 11.9. The van der Waals surface area contributed by atoms with Crippen molar-refractivity contribution in [1.82, 2.24) is 0 Å². The number of hydrogen-bond acceptors (Lipinski definition) is 2. The quantitative estimate of drug-likeness (QED) is 0.808. The van der Waals surface area contributed by atoms with E-state index in [1.54, 1.807) is 0 Å². The molecule has 2 rings (SSSR count). The van der Waals surface area contributed by atoms with Crippen molar-refractivity contribution in [2.75, 3.05) is 25.6 Å². The van der Waals surface area contributed by atoms with Gasteiger partial charge in [-0.1, -0.05) is 30.3 Å². The molecule has 0 amide bonds. The Balaban J connectivity index is 1.87. The molecule has 0 aromatic heterocycles. The van der Waals surface area contributed by atoms with Crippen LogP contribution in [-0.2, 0) is 6.42 Å². The first-order valence-corrected chi connectivity index (χ1v) is 6.61. The first-order chi connectivity index (χ1) is 9.16. The van der Waals surface area contributed by atoms with Gasteiger partial charge in [-0.3, -0.25) is 0 Å². The summed E-state index contributed by atoms with van der Waals surface area (Å²) in [6, 6.07) is 16.7. The molecule has 0 spiro atoms. The van der Waals surface area contributed by atoms with Gasteiger partial charge in [-0.2, -0.15) is 0 Å². The van der Waals surface area contributed by atoms with E-state index in [4.69, 9.17) is 4.74 Å². The number of para-hydroxylation sites is 1. The van der Waals surface area contributed by atoms with E-state index >= 15 is 0 Å². The van der Waals surface area contributed by atoms with Gasteiger partial charge in [-0.15, -0.1) is 0 Å². The van der Waals surface area contributed by atoms with Crippen LogP contribution in [0.3, 0.4) is 0 Å². The molecule has 2 heteroatoms. The van der Waals surface area contributed by atoms with Gasteiger partial charge in [0.1, 0.15) is 5.75 Å². The molecule has 0 bridgehead atoms. The Labute approximate surface area is 115 Å². The molecule has 2 nitrogen and oxygen atoms in total. The molecule has 0 atom stereocenters. The van der Waals surface area contributed by atoms with Crippen LogP contribution in [0.4, 0.5) is 5.69 Å². The molecule has 100 valence electrons. The largest absolute Gasteiger partial charge is 0.493 e. The lowest BCUT2D eigenvalue weighted by Crippen LogP contribution is -2.08. The molecular weight excluding hydrogens is 234 g/mol. The van der Waals surface area contributed by atoms with Crippen LogP contribution in [0.25, 0.3) is 0 Å². The summed E-state index contributed by atoms with van der Waals surface area (Å²) in [7, 11) is 4.10. The van der Waals surface area contributed by atoms with Crippen LogP contribution in [0.15, 0.2) is 48.5 Å². The molecule has 0 heterocycles. The van der Waals surface area contributed by atoms with Gasteiger partial charge in [-0.05, 0) is 36.2 Å². The van der Waals surface area contributed by atoms with Crippen LogP contribution in [0, 0.1) is 6.92 Å². The van der Waals surface area contributed by atoms with E-state index in [-0.39, 0.29) is 0 Å². The van der Waals surface area contributed by atoms with Gasteiger partial charge < -0.3 is 9.64 Å². The summed E-state index contributed by atoms with van der Waals surface area (Å²) in [4.78, 5) is 2.10. The smallest absolute Gasteiger partial charge is 0.122 e. The molecule has 0 unspecified atom stereocenters. The maximum Gasteiger partial charge on any atom is 0.122 e. The van der Waals surface area contributed by atoms with E-state index in [0.717, 1.165) is 12.2 Å². The molecule has 0 fully saturated rings. The third-order valence-electron chi connectivity index (χ3n) is 3.19. The van der Waals surface area contributed by atoms with E-state index in [1.165, 1.54) is 16.8 Å². The molecule has 2 aromatic rings. The summed E-state index contributed by atoms with van der Waals surface area (Å²) in [6.45, 7) is 2.79. The highest BCUT2D eigenvalue weighted by molar-refractivity contribution is 5.46. The van der Waals surface area contributed by atoms with Gasteiger partial charge in [0.2, 0.25) is 0 Å². The van der Waals surface area contributed by atoms with Gasteiger partial charge >= 0.3 is 0 Å². The zero-order valence-electron chi connectivity index (χ0n) is 11.9. The average Bonchev–Trinajstić information content (AvgIpc) is 2.41. The van der Waals surface area contributed by atoms with Crippen molar-refractivity contribution >= 4 is 5.69 Å². The third-order valence-corrected chi connectivity index (χ3v) is 3.19. The molecule has 0 saturated heterocycles. The van der Waals surface area contributed by atoms with Crippen LogP contribution >= 0.6 is 0 Å². The molecule has 0 aliphatic heterocycles. The van der Waals surface area contributed by atoms with Crippen LogP contribution in [0.5, 0.6) is 5.75 Å².